The molecule has 5 amide bonds. The zero-order valence-electron chi connectivity index (χ0n) is 14.0. The summed E-state index contributed by atoms with van der Waals surface area (Å²) in [7, 11) is 0. The zero-order chi connectivity index (χ0) is 18.4. The molecule has 3 N–H and O–H groups in total. The van der Waals surface area contributed by atoms with Gasteiger partial charge in [0.1, 0.15) is 5.54 Å². The Kier molecular flexibility index (Phi) is 4.19. The average molecular weight is 362 g/mol. The first-order valence-electron chi connectivity index (χ1n) is 7.84. The van der Waals surface area contributed by atoms with E-state index in [0.717, 1.165) is 4.90 Å². The van der Waals surface area contributed by atoms with Crippen LogP contribution in [0, 0.1) is 0 Å². The number of carbonyl (C=O) groups is 4. The number of thioether (sulfide) groups is 1. The van der Waals surface area contributed by atoms with Crippen LogP contribution in [0.1, 0.15) is 37.6 Å². The third-order valence-corrected chi connectivity index (χ3v) is 5.53. The molecule has 0 bridgehead atoms. The maximum atomic E-state index is 12.4. The predicted molar refractivity (Wildman–Crippen MR) is 91.9 cm³/mol. The molecule has 1 aromatic carbocycles. The molecular weight excluding hydrogens is 344 g/mol. The Morgan fingerprint density at radius 3 is 2.72 bits per heavy atom. The number of urea groups is 1. The van der Waals surface area contributed by atoms with Gasteiger partial charge in [-0.1, -0.05) is 6.92 Å². The molecule has 0 spiro atoms. The highest BCUT2D eigenvalue weighted by Crippen LogP contribution is 2.35. The van der Waals surface area contributed by atoms with Crippen molar-refractivity contribution in [2.45, 2.75) is 42.9 Å². The van der Waals surface area contributed by atoms with Crippen LogP contribution >= 0.6 is 11.8 Å². The first kappa shape index (κ1) is 17.3. The molecule has 1 saturated heterocycles. The van der Waals surface area contributed by atoms with Crippen LogP contribution in [0.5, 0.6) is 0 Å². The molecule has 9 heteroatoms. The van der Waals surface area contributed by atoms with E-state index in [-0.39, 0.29) is 16.7 Å². The van der Waals surface area contributed by atoms with Gasteiger partial charge in [-0.25, -0.2) is 4.79 Å². The Morgan fingerprint density at radius 2 is 2.08 bits per heavy atom. The van der Waals surface area contributed by atoms with Crippen LogP contribution < -0.4 is 16.1 Å². The van der Waals surface area contributed by atoms with E-state index in [4.69, 9.17) is 0 Å². The normalized spacial score (nSPS) is 25.3. The van der Waals surface area contributed by atoms with E-state index in [2.05, 4.69) is 16.1 Å². The number of rotatable bonds is 3. The number of anilines is 1. The van der Waals surface area contributed by atoms with Crippen LogP contribution in [0.4, 0.5) is 10.5 Å². The number of hydrazine groups is 1. The van der Waals surface area contributed by atoms with E-state index >= 15 is 0 Å². The van der Waals surface area contributed by atoms with Crippen LogP contribution in [0.2, 0.25) is 0 Å². The quantitative estimate of drug-likeness (QED) is 0.706. The number of nitrogens with one attached hydrogen (secondary N) is 3. The van der Waals surface area contributed by atoms with Crippen LogP contribution in [0.25, 0.3) is 0 Å². The molecule has 2 heterocycles. The van der Waals surface area contributed by atoms with Gasteiger partial charge < -0.3 is 10.6 Å². The van der Waals surface area contributed by atoms with Crippen molar-refractivity contribution in [3.8, 4) is 0 Å². The maximum Gasteiger partial charge on any atom is 0.344 e. The molecule has 2 atom stereocenters. The largest absolute Gasteiger partial charge is 0.344 e. The minimum absolute atomic E-state index is 0.136. The lowest BCUT2D eigenvalue weighted by atomic mass is 10.00. The van der Waals surface area contributed by atoms with E-state index in [1.54, 1.807) is 32.9 Å². The van der Waals surface area contributed by atoms with E-state index < -0.39 is 23.4 Å². The van der Waals surface area contributed by atoms with Gasteiger partial charge in [-0.05, 0) is 38.5 Å². The Hall–Kier alpha value is -2.55. The number of hydrogen-bond donors (Lipinski definition) is 3. The highest BCUT2D eigenvalue weighted by Gasteiger charge is 2.47. The van der Waals surface area contributed by atoms with Gasteiger partial charge in [0, 0.05) is 10.5 Å². The Morgan fingerprint density at radius 1 is 1.36 bits per heavy atom. The lowest BCUT2D eigenvalue weighted by molar-refractivity contribution is -0.132. The van der Waals surface area contributed by atoms with Gasteiger partial charge in [0.25, 0.3) is 11.8 Å². The molecule has 2 aliphatic heterocycles. The van der Waals surface area contributed by atoms with Crippen molar-refractivity contribution < 1.29 is 19.2 Å². The number of nitrogens with zero attached hydrogens (tertiary/aromatic N) is 1. The number of amides is 5. The van der Waals surface area contributed by atoms with Crippen molar-refractivity contribution in [2.24, 2.45) is 0 Å². The summed E-state index contributed by atoms with van der Waals surface area (Å²) in [6.45, 7) is 5.17. The number of carbonyl (C=O) groups excluding carboxylic acids is 4. The highest BCUT2D eigenvalue weighted by molar-refractivity contribution is 8.00. The second kappa shape index (κ2) is 6.07. The van der Waals surface area contributed by atoms with Crippen LogP contribution in [0.3, 0.4) is 0 Å². The second-order valence-corrected chi connectivity index (χ2v) is 7.54. The maximum absolute atomic E-state index is 12.4. The van der Waals surface area contributed by atoms with E-state index in [9.17, 15) is 19.2 Å². The van der Waals surface area contributed by atoms with Gasteiger partial charge in [0.2, 0.25) is 5.91 Å². The Balaban J connectivity index is 1.79. The summed E-state index contributed by atoms with van der Waals surface area (Å²) in [5, 5.41) is 5.79. The monoisotopic (exact) mass is 362 g/mol. The third kappa shape index (κ3) is 2.95. The molecule has 0 radical (unpaired) electrons. The zero-order valence-corrected chi connectivity index (χ0v) is 14.8. The first-order valence-corrected chi connectivity index (χ1v) is 8.72. The van der Waals surface area contributed by atoms with Gasteiger partial charge in [0.15, 0.2) is 0 Å². The molecule has 0 aromatic heterocycles. The number of fused-ring (bicyclic) bond motifs is 1. The van der Waals surface area contributed by atoms with Crippen molar-refractivity contribution >= 4 is 41.2 Å². The summed E-state index contributed by atoms with van der Waals surface area (Å²) < 4.78 is 0. The molecule has 25 heavy (non-hydrogen) atoms. The Bertz CT molecular complexity index is 796. The van der Waals surface area contributed by atoms with Gasteiger partial charge in [0.05, 0.1) is 10.9 Å². The van der Waals surface area contributed by atoms with Crippen LogP contribution in [-0.2, 0) is 9.59 Å². The predicted octanol–water partition coefficient (Wildman–Crippen LogP) is 1.48. The summed E-state index contributed by atoms with van der Waals surface area (Å²) in [4.78, 5) is 49.3. The molecule has 2 aliphatic rings. The Labute approximate surface area is 148 Å². The van der Waals surface area contributed by atoms with E-state index in [1.165, 1.54) is 17.8 Å². The molecule has 8 nitrogen and oxygen atoms in total. The lowest BCUT2D eigenvalue weighted by Gasteiger charge is -2.22. The fourth-order valence-electron chi connectivity index (χ4n) is 2.54. The number of benzene rings is 1. The minimum Gasteiger partial charge on any atom is -0.324 e. The fraction of sp³-hybridized carbons (Fsp3) is 0.375. The van der Waals surface area contributed by atoms with Crippen molar-refractivity contribution in [2.75, 3.05) is 5.32 Å². The molecule has 0 aliphatic carbocycles. The lowest BCUT2D eigenvalue weighted by Crippen LogP contribution is -2.48. The average Bonchev–Trinajstić information content (AvgIpc) is 2.79. The van der Waals surface area contributed by atoms with E-state index in [1.807, 2.05) is 0 Å². The molecule has 1 aromatic rings. The second-order valence-electron chi connectivity index (χ2n) is 6.16. The fourth-order valence-corrected chi connectivity index (χ4v) is 3.47. The van der Waals surface area contributed by atoms with Crippen molar-refractivity contribution in [1.82, 2.24) is 15.8 Å². The summed E-state index contributed by atoms with van der Waals surface area (Å²) in [5.41, 5.74) is 2.07. The summed E-state index contributed by atoms with van der Waals surface area (Å²) in [6.07, 6.45) is 0.407. The van der Waals surface area contributed by atoms with Gasteiger partial charge in [-0.3, -0.25) is 19.8 Å². The molecule has 3 rings (SSSR count). The van der Waals surface area contributed by atoms with Crippen molar-refractivity contribution in [3.05, 3.63) is 23.8 Å². The van der Waals surface area contributed by atoms with Gasteiger partial charge in [-0.15, -0.1) is 11.8 Å². The van der Waals surface area contributed by atoms with E-state index in [0.29, 0.717) is 17.1 Å². The number of imide groups is 1. The van der Waals surface area contributed by atoms with Crippen molar-refractivity contribution in [1.29, 1.82) is 0 Å². The standard InChI is InChI=1S/C16H18N4O4S/c1-4-16(3)14(23)20(15(24)18-16)19-13(22)9-5-6-11-10(7-9)17-12(21)8(2)25-11/h5-8H,4H2,1-3H3,(H,17,21)(H,18,24)(H,19,22)/t8-,16+/m0/s1. The van der Waals surface area contributed by atoms with Crippen LogP contribution in [-0.4, -0.2) is 39.6 Å². The first-order chi connectivity index (χ1) is 11.7. The van der Waals surface area contributed by atoms with Crippen LogP contribution in [0.15, 0.2) is 23.1 Å². The minimum atomic E-state index is -1.03. The van der Waals surface area contributed by atoms with Gasteiger partial charge in [-0.2, -0.15) is 5.01 Å². The topological polar surface area (TPSA) is 108 Å². The highest BCUT2D eigenvalue weighted by atomic mass is 32.2. The summed E-state index contributed by atoms with van der Waals surface area (Å²) >= 11 is 1.40. The third-order valence-electron chi connectivity index (χ3n) is 4.35. The van der Waals surface area contributed by atoms with Gasteiger partial charge >= 0.3 is 6.03 Å². The molecule has 0 saturated carbocycles. The molecule has 132 valence electrons. The molecular formula is C16H18N4O4S. The molecule has 0 unspecified atom stereocenters. The SMILES string of the molecule is CC[C@@]1(C)NC(=O)N(NC(=O)c2ccc3c(c2)NC(=O)[C@H](C)S3)C1=O. The summed E-state index contributed by atoms with van der Waals surface area (Å²) in [5.74, 6) is -1.25. The smallest absolute Gasteiger partial charge is 0.324 e. The van der Waals surface area contributed by atoms with Crippen molar-refractivity contribution in [3.63, 3.8) is 0 Å². The molecule has 1 fully saturated rings. The number of hydrogen-bond acceptors (Lipinski definition) is 5. The summed E-state index contributed by atoms with van der Waals surface area (Å²) in [6, 6.07) is 4.17.